The van der Waals surface area contributed by atoms with E-state index in [-0.39, 0.29) is 29.5 Å². The number of methoxy groups -OCH3 is 1. The third kappa shape index (κ3) is 7.71. The summed E-state index contributed by atoms with van der Waals surface area (Å²) in [5, 5.41) is 5.23. The molecule has 0 heterocycles. The molecule has 0 radical (unpaired) electrons. The maximum Gasteiger partial charge on any atom is 0.240 e. The number of carbonyl (C=O) groups excluding carboxylic acids is 1. The summed E-state index contributed by atoms with van der Waals surface area (Å²) in [4.78, 5) is 10.8. The Kier molecular flexibility index (Phi) is 9.93. The van der Waals surface area contributed by atoms with Crippen LogP contribution in [0.3, 0.4) is 0 Å². The smallest absolute Gasteiger partial charge is 0.240 e. The molecule has 0 aromatic heterocycles. The standard InChI is InChI=1S/C13H20FN3O4S.ClH/c1-10(18)17-13-9-11(3-4-12(13)14)22(19,20)16-6-5-15-7-8-21-2;/h3-4,9,15-16H,5-8H2,1-2H3,(H,17,18);1H. The lowest BCUT2D eigenvalue weighted by Gasteiger charge is -2.10. The summed E-state index contributed by atoms with van der Waals surface area (Å²) in [5.74, 6) is -1.18. The number of rotatable bonds is 9. The van der Waals surface area contributed by atoms with Crippen molar-refractivity contribution < 1.29 is 22.3 Å². The van der Waals surface area contributed by atoms with E-state index in [4.69, 9.17) is 4.74 Å². The molecule has 0 atom stereocenters. The highest BCUT2D eigenvalue weighted by molar-refractivity contribution is 7.89. The van der Waals surface area contributed by atoms with Crippen molar-refractivity contribution >= 4 is 34.0 Å². The van der Waals surface area contributed by atoms with Gasteiger partial charge in [-0.15, -0.1) is 12.4 Å². The third-order valence-electron chi connectivity index (χ3n) is 2.64. The first-order valence-corrected chi connectivity index (χ1v) is 8.11. The molecule has 0 unspecified atom stereocenters. The van der Waals surface area contributed by atoms with E-state index in [1.54, 1.807) is 7.11 Å². The molecule has 0 aliphatic carbocycles. The molecule has 1 aromatic rings. The number of ether oxygens (including phenoxy) is 1. The average molecular weight is 370 g/mol. The molecule has 0 fully saturated rings. The Morgan fingerprint density at radius 1 is 1.26 bits per heavy atom. The van der Waals surface area contributed by atoms with E-state index in [2.05, 4.69) is 15.4 Å². The van der Waals surface area contributed by atoms with Crippen LogP contribution in [0.4, 0.5) is 10.1 Å². The summed E-state index contributed by atoms with van der Waals surface area (Å²) in [5.41, 5.74) is -0.173. The zero-order valence-electron chi connectivity index (χ0n) is 12.9. The monoisotopic (exact) mass is 369 g/mol. The number of halogens is 2. The van der Waals surface area contributed by atoms with Gasteiger partial charge in [-0.25, -0.2) is 17.5 Å². The van der Waals surface area contributed by atoms with Crippen LogP contribution in [-0.2, 0) is 19.6 Å². The molecule has 0 spiro atoms. The van der Waals surface area contributed by atoms with Crippen LogP contribution in [0.25, 0.3) is 0 Å². The predicted octanol–water partition coefficient (Wildman–Crippen LogP) is 0.720. The number of nitrogens with one attached hydrogen (secondary N) is 3. The second-order valence-corrected chi connectivity index (χ2v) is 6.23. The van der Waals surface area contributed by atoms with Gasteiger partial charge in [0.2, 0.25) is 15.9 Å². The van der Waals surface area contributed by atoms with E-state index >= 15 is 0 Å². The number of sulfonamides is 1. The summed E-state index contributed by atoms with van der Waals surface area (Å²) in [6, 6.07) is 3.22. The maximum atomic E-state index is 13.5. The van der Waals surface area contributed by atoms with Crippen molar-refractivity contribution in [2.45, 2.75) is 11.8 Å². The molecular formula is C13H21ClFN3O4S. The second-order valence-electron chi connectivity index (χ2n) is 4.46. The minimum absolute atomic E-state index is 0. The number of amides is 1. The van der Waals surface area contributed by atoms with Crippen molar-refractivity contribution in [3.8, 4) is 0 Å². The first-order chi connectivity index (χ1) is 10.4. The van der Waals surface area contributed by atoms with Crippen molar-refractivity contribution in [1.82, 2.24) is 10.0 Å². The van der Waals surface area contributed by atoms with Gasteiger partial charge in [-0.05, 0) is 18.2 Å². The molecule has 0 aliphatic heterocycles. The molecule has 1 rings (SSSR count). The van der Waals surface area contributed by atoms with Crippen LogP contribution in [0.1, 0.15) is 6.92 Å². The Balaban J connectivity index is 0.00000484. The quantitative estimate of drug-likeness (QED) is 0.557. The second kappa shape index (κ2) is 10.5. The number of hydrogen-bond donors (Lipinski definition) is 3. The summed E-state index contributed by atoms with van der Waals surface area (Å²) < 4.78 is 44.9. The topological polar surface area (TPSA) is 96.5 Å². The van der Waals surface area contributed by atoms with Gasteiger partial charge in [0.1, 0.15) is 5.82 Å². The molecule has 132 valence electrons. The highest BCUT2D eigenvalue weighted by Crippen LogP contribution is 2.19. The van der Waals surface area contributed by atoms with Crippen molar-refractivity contribution in [2.75, 3.05) is 38.7 Å². The van der Waals surface area contributed by atoms with E-state index in [0.29, 0.717) is 19.7 Å². The minimum Gasteiger partial charge on any atom is -0.383 e. The first-order valence-electron chi connectivity index (χ1n) is 6.63. The van der Waals surface area contributed by atoms with Gasteiger partial charge in [-0.2, -0.15) is 0 Å². The van der Waals surface area contributed by atoms with E-state index < -0.39 is 21.7 Å². The normalized spacial score (nSPS) is 10.9. The molecule has 7 nitrogen and oxygen atoms in total. The molecule has 0 saturated heterocycles. The van der Waals surface area contributed by atoms with Crippen molar-refractivity contribution in [1.29, 1.82) is 0 Å². The van der Waals surface area contributed by atoms with Crippen LogP contribution in [-0.4, -0.2) is 47.7 Å². The largest absolute Gasteiger partial charge is 0.383 e. The molecular weight excluding hydrogens is 349 g/mol. The number of anilines is 1. The zero-order chi connectivity index (χ0) is 16.6. The minimum atomic E-state index is -3.77. The van der Waals surface area contributed by atoms with Gasteiger partial charge in [0.25, 0.3) is 0 Å². The van der Waals surface area contributed by atoms with Gasteiger partial charge in [-0.3, -0.25) is 4.79 Å². The van der Waals surface area contributed by atoms with Gasteiger partial charge in [0, 0.05) is 33.7 Å². The van der Waals surface area contributed by atoms with Crippen molar-refractivity contribution in [3.63, 3.8) is 0 Å². The van der Waals surface area contributed by atoms with Gasteiger partial charge in [0.05, 0.1) is 17.2 Å². The third-order valence-corrected chi connectivity index (χ3v) is 4.09. The number of carbonyl (C=O) groups is 1. The van der Waals surface area contributed by atoms with Crippen LogP contribution in [0, 0.1) is 5.82 Å². The Bertz CT molecular complexity index is 613. The Labute approximate surface area is 141 Å². The van der Waals surface area contributed by atoms with Crippen LogP contribution >= 0.6 is 12.4 Å². The SMILES string of the molecule is COCCNCCNS(=O)(=O)c1ccc(F)c(NC(C)=O)c1.Cl. The van der Waals surface area contributed by atoms with Gasteiger partial charge in [-0.1, -0.05) is 0 Å². The molecule has 0 bridgehead atoms. The number of hydrogen-bond acceptors (Lipinski definition) is 5. The van der Waals surface area contributed by atoms with Crippen LogP contribution in [0.15, 0.2) is 23.1 Å². The fourth-order valence-electron chi connectivity index (χ4n) is 1.61. The molecule has 1 aromatic carbocycles. The van der Waals surface area contributed by atoms with E-state index in [9.17, 15) is 17.6 Å². The Morgan fingerprint density at radius 3 is 2.57 bits per heavy atom. The van der Waals surface area contributed by atoms with Gasteiger partial charge in [0.15, 0.2) is 0 Å². The molecule has 0 saturated carbocycles. The van der Waals surface area contributed by atoms with Gasteiger partial charge < -0.3 is 15.4 Å². The highest BCUT2D eigenvalue weighted by Gasteiger charge is 2.16. The van der Waals surface area contributed by atoms with Crippen LogP contribution in [0.5, 0.6) is 0 Å². The van der Waals surface area contributed by atoms with Crippen molar-refractivity contribution in [3.05, 3.63) is 24.0 Å². The van der Waals surface area contributed by atoms with Gasteiger partial charge >= 0.3 is 0 Å². The van der Waals surface area contributed by atoms with E-state index in [1.807, 2.05) is 0 Å². The summed E-state index contributed by atoms with van der Waals surface area (Å²) in [7, 11) is -2.19. The molecule has 23 heavy (non-hydrogen) atoms. The summed E-state index contributed by atoms with van der Waals surface area (Å²) in [6.45, 7) is 2.97. The van der Waals surface area contributed by atoms with Crippen LogP contribution < -0.4 is 15.4 Å². The predicted molar refractivity (Wildman–Crippen MR) is 87.9 cm³/mol. The highest BCUT2D eigenvalue weighted by atomic mass is 35.5. The lowest BCUT2D eigenvalue weighted by molar-refractivity contribution is -0.114. The van der Waals surface area contributed by atoms with E-state index in [0.717, 1.165) is 18.2 Å². The van der Waals surface area contributed by atoms with E-state index in [1.165, 1.54) is 6.92 Å². The Morgan fingerprint density at radius 2 is 1.96 bits per heavy atom. The fraction of sp³-hybridized carbons (Fsp3) is 0.462. The Hall–Kier alpha value is -1.26. The lowest BCUT2D eigenvalue weighted by Crippen LogP contribution is -2.33. The average Bonchev–Trinajstić information content (AvgIpc) is 2.44. The molecule has 3 N–H and O–H groups in total. The lowest BCUT2D eigenvalue weighted by atomic mass is 10.3. The molecule has 0 aliphatic rings. The molecule has 1 amide bonds. The molecule has 10 heteroatoms. The van der Waals surface area contributed by atoms with Crippen LogP contribution in [0.2, 0.25) is 0 Å². The number of benzene rings is 1. The zero-order valence-corrected chi connectivity index (χ0v) is 14.5. The fourth-order valence-corrected chi connectivity index (χ4v) is 2.67. The summed E-state index contributed by atoms with van der Waals surface area (Å²) in [6.07, 6.45) is 0. The van der Waals surface area contributed by atoms with Crippen molar-refractivity contribution in [2.24, 2.45) is 0 Å². The summed E-state index contributed by atoms with van der Waals surface area (Å²) >= 11 is 0. The first kappa shape index (κ1) is 21.7. The maximum absolute atomic E-state index is 13.5.